The van der Waals surface area contributed by atoms with Gasteiger partial charge in [0.05, 0.1) is 6.54 Å². The van der Waals surface area contributed by atoms with Crippen LogP contribution in [0.5, 0.6) is 0 Å². The zero-order chi connectivity index (χ0) is 13.5. The van der Waals surface area contributed by atoms with Crippen molar-refractivity contribution in [1.29, 1.82) is 0 Å². The maximum absolute atomic E-state index is 11.8. The van der Waals surface area contributed by atoms with E-state index in [9.17, 15) is 9.59 Å². The molecule has 1 rings (SSSR count). The summed E-state index contributed by atoms with van der Waals surface area (Å²) in [5.41, 5.74) is 3.44. The second-order valence-electron chi connectivity index (χ2n) is 3.66. The van der Waals surface area contributed by atoms with Crippen LogP contribution in [-0.4, -0.2) is 29.9 Å². The van der Waals surface area contributed by atoms with E-state index in [0.717, 1.165) is 0 Å². The highest BCUT2D eigenvalue weighted by molar-refractivity contribution is 5.97. The predicted octanol–water partition coefficient (Wildman–Crippen LogP) is -0.458. The number of carbonyl (C=O) groups excluding carboxylic acids is 2. The van der Waals surface area contributed by atoms with Crippen LogP contribution in [0.4, 0.5) is 5.82 Å². The number of pyridine rings is 1. The Labute approximate surface area is 105 Å². The molecule has 0 saturated carbocycles. The van der Waals surface area contributed by atoms with Crippen LogP contribution in [0.15, 0.2) is 12.1 Å². The summed E-state index contributed by atoms with van der Waals surface area (Å²) in [7, 11) is 0. The van der Waals surface area contributed by atoms with Gasteiger partial charge in [-0.1, -0.05) is 0 Å². The van der Waals surface area contributed by atoms with Gasteiger partial charge in [0, 0.05) is 17.8 Å². The third-order valence-corrected chi connectivity index (χ3v) is 2.15. The van der Waals surface area contributed by atoms with Gasteiger partial charge < -0.3 is 16.1 Å². The van der Waals surface area contributed by atoms with Crippen molar-refractivity contribution in [2.75, 3.05) is 18.5 Å². The lowest BCUT2D eigenvalue weighted by Gasteiger charge is -2.07. The first-order valence-corrected chi connectivity index (χ1v) is 5.57. The maximum atomic E-state index is 11.8. The highest BCUT2D eigenvalue weighted by Crippen LogP contribution is 2.08. The Bertz CT molecular complexity index is 447. The molecular weight excluding hydrogens is 234 g/mol. The Morgan fingerprint density at radius 1 is 1.33 bits per heavy atom. The van der Waals surface area contributed by atoms with E-state index in [1.165, 1.54) is 6.07 Å². The first kappa shape index (κ1) is 13.9. The molecule has 2 amide bonds. The van der Waals surface area contributed by atoms with Gasteiger partial charge in [-0.3, -0.25) is 9.59 Å². The number of carbonyl (C=O) groups is 2. The van der Waals surface area contributed by atoms with Gasteiger partial charge in [-0.2, -0.15) is 0 Å². The van der Waals surface area contributed by atoms with Crippen LogP contribution >= 0.6 is 0 Å². The second kappa shape index (κ2) is 6.55. The minimum absolute atomic E-state index is 0.0561. The SMILES string of the molecule is CCNC(=O)CNC(=O)c1cc(C)nc(NN)c1. The molecule has 5 N–H and O–H groups in total. The van der Waals surface area contributed by atoms with Crippen LogP contribution in [0.3, 0.4) is 0 Å². The standard InChI is InChI=1S/C11H17N5O2/c1-3-13-10(17)6-14-11(18)8-4-7(2)15-9(5-8)16-12/h4-5H,3,6,12H2,1-2H3,(H,13,17)(H,14,18)(H,15,16). The fourth-order valence-corrected chi connectivity index (χ4v) is 1.40. The predicted molar refractivity (Wildman–Crippen MR) is 67.8 cm³/mol. The van der Waals surface area contributed by atoms with Gasteiger partial charge in [-0.05, 0) is 26.0 Å². The van der Waals surface area contributed by atoms with Gasteiger partial charge in [-0.25, -0.2) is 10.8 Å². The van der Waals surface area contributed by atoms with E-state index in [1.807, 2.05) is 6.92 Å². The van der Waals surface area contributed by atoms with Gasteiger partial charge >= 0.3 is 0 Å². The van der Waals surface area contributed by atoms with E-state index in [2.05, 4.69) is 21.0 Å². The molecule has 0 atom stereocenters. The van der Waals surface area contributed by atoms with E-state index in [1.54, 1.807) is 13.0 Å². The Kier molecular flexibility index (Phi) is 5.06. The summed E-state index contributed by atoms with van der Waals surface area (Å²) in [5, 5.41) is 5.10. The Balaban J connectivity index is 2.66. The van der Waals surface area contributed by atoms with Crippen LogP contribution in [0.1, 0.15) is 23.0 Å². The molecule has 1 aromatic heterocycles. The largest absolute Gasteiger partial charge is 0.355 e. The normalized spacial score (nSPS) is 9.72. The number of nitrogens with zero attached hydrogens (tertiary/aromatic N) is 1. The second-order valence-corrected chi connectivity index (χ2v) is 3.66. The number of aromatic nitrogens is 1. The molecule has 0 spiro atoms. The lowest BCUT2D eigenvalue weighted by Crippen LogP contribution is -2.36. The number of nitrogens with two attached hydrogens (primary N) is 1. The number of aryl methyl sites for hydroxylation is 1. The Hall–Kier alpha value is -2.15. The molecule has 0 aromatic carbocycles. The van der Waals surface area contributed by atoms with Gasteiger partial charge in [0.1, 0.15) is 5.82 Å². The molecule has 1 heterocycles. The molecule has 7 nitrogen and oxygen atoms in total. The Morgan fingerprint density at radius 3 is 2.67 bits per heavy atom. The van der Waals surface area contributed by atoms with Crippen molar-refractivity contribution in [3.8, 4) is 0 Å². The monoisotopic (exact) mass is 251 g/mol. The van der Waals surface area contributed by atoms with Gasteiger partial charge in [0.25, 0.3) is 5.91 Å². The van der Waals surface area contributed by atoms with Crippen molar-refractivity contribution in [2.24, 2.45) is 5.84 Å². The number of likely N-dealkylation sites (N-methyl/N-ethyl adjacent to an activating group) is 1. The quantitative estimate of drug-likeness (QED) is 0.418. The summed E-state index contributed by atoms with van der Waals surface area (Å²) in [6.45, 7) is 4.04. The van der Waals surface area contributed by atoms with Crippen LogP contribution in [0.2, 0.25) is 0 Å². The minimum atomic E-state index is -0.344. The molecule has 0 radical (unpaired) electrons. The number of anilines is 1. The first-order valence-electron chi connectivity index (χ1n) is 5.57. The fourth-order valence-electron chi connectivity index (χ4n) is 1.40. The van der Waals surface area contributed by atoms with Crippen LogP contribution in [-0.2, 0) is 4.79 Å². The van der Waals surface area contributed by atoms with Crippen molar-refractivity contribution in [3.05, 3.63) is 23.4 Å². The summed E-state index contributed by atoms with van der Waals surface area (Å²) in [5.74, 6) is 5.07. The number of hydrogen-bond acceptors (Lipinski definition) is 5. The van der Waals surface area contributed by atoms with Crippen LogP contribution < -0.4 is 21.9 Å². The summed E-state index contributed by atoms with van der Waals surface area (Å²) < 4.78 is 0. The summed E-state index contributed by atoms with van der Waals surface area (Å²) in [4.78, 5) is 27.0. The summed E-state index contributed by atoms with van der Waals surface area (Å²) in [6, 6.07) is 3.13. The molecule has 18 heavy (non-hydrogen) atoms. The zero-order valence-electron chi connectivity index (χ0n) is 10.4. The van der Waals surface area contributed by atoms with Crippen molar-refractivity contribution >= 4 is 17.6 Å². The molecular formula is C11H17N5O2. The third kappa shape index (κ3) is 4.02. The van der Waals surface area contributed by atoms with E-state index in [-0.39, 0.29) is 18.4 Å². The van der Waals surface area contributed by atoms with Crippen LogP contribution in [0, 0.1) is 6.92 Å². The molecule has 0 aliphatic rings. The van der Waals surface area contributed by atoms with Crippen molar-refractivity contribution in [2.45, 2.75) is 13.8 Å². The number of amides is 2. The molecule has 0 aliphatic heterocycles. The minimum Gasteiger partial charge on any atom is -0.355 e. The third-order valence-electron chi connectivity index (χ3n) is 2.15. The molecule has 0 aliphatic carbocycles. The zero-order valence-corrected chi connectivity index (χ0v) is 10.4. The van der Waals surface area contributed by atoms with Gasteiger partial charge in [0.2, 0.25) is 5.91 Å². The number of hydrazine groups is 1. The fraction of sp³-hybridized carbons (Fsp3) is 0.364. The topological polar surface area (TPSA) is 109 Å². The lowest BCUT2D eigenvalue weighted by atomic mass is 10.2. The molecule has 0 bridgehead atoms. The molecule has 98 valence electrons. The summed E-state index contributed by atoms with van der Waals surface area (Å²) >= 11 is 0. The van der Waals surface area contributed by atoms with E-state index < -0.39 is 0 Å². The van der Waals surface area contributed by atoms with Crippen molar-refractivity contribution in [1.82, 2.24) is 15.6 Å². The first-order chi connectivity index (χ1) is 8.56. The number of hydrogen-bond donors (Lipinski definition) is 4. The lowest BCUT2D eigenvalue weighted by molar-refractivity contribution is -0.120. The molecule has 0 fully saturated rings. The van der Waals surface area contributed by atoms with Crippen molar-refractivity contribution in [3.63, 3.8) is 0 Å². The van der Waals surface area contributed by atoms with Crippen LogP contribution in [0.25, 0.3) is 0 Å². The van der Waals surface area contributed by atoms with Gasteiger partial charge in [0.15, 0.2) is 0 Å². The summed E-state index contributed by atoms with van der Waals surface area (Å²) in [6.07, 6.45) is 0. The number of nitrogen functional groups attached to an aromatic ring is 1. The number of nitrogens with one attached hydrogen (secondary N) is 3. The average molecular weight is 251 g/mol. The van der Waals surface area contributed by atoms with Gasteiger partial charge in [-0.15, -0.1) is 0 Å². The smallest absolute Gasteiger partial charge is 0.251 e. The van der Waals surface area contributed by atoms with E-state index in [4.69, 9.17) is 5.84 Å². The van der Waals surface area contributed by atoms with E-state index >= 15 is 0 Å². The molecule has 1 aromatic rings. The Morgan fingerprint density at radius 2 is 2.06 bits per heavy atom. The van der Waals surface area contributed by atoms with Crippen molar-refractivity contribution < 1.29 is 9.59 Å². The molecule has 0 unspecified atom stereocenters. The van der Waals surface area contributed by atoms with E-state index in [0.29, 0.717) is 23.6 Å². The maximum Gasteiger partial charge on any atom is 0.251 e. The molecule has 0 saturated heterocycles. The highest BCUT2D eigenvalue weighted by Gasteiger charge is 2.09. The average Bonchev–Trinajstić information content (AvgIpc) is 2.35. The molecule has 7 heteroatoms. The highest BCUT2D eigenvalue weighted by atomic mass is 16.2. The number of rotatable bonds is 5.